The van der Waals surface area contributed by atoms with Crippen LogP contribution in [0.1, 0.15) is 13.3 Å². The largest absolute Gasteiger partial charge is 0.547 e. The highest BCUT2D eigenvalue weighted by Gasteiger charge is 2.30. The number of rotatable bonds is 6. The fraction of sp³-hybridized carbons (Fsp3) is 0.889. The van der Waals surface area contributed by atoms with E-state index >= 15 is 0 Å². The molecule has 0 radical (unpaired) electrons. The summed E-state index contributed by atoms with van der Waals surface area (Å²) in [5.74, 6) is -1.98. The zero-order chi connectivity index (χ0) is 14.9. The number of carbonyl (C=O) groups excluding carboxylic acids is 1. The molecule has 9 N–H and O–H groups in total. The number of hydrogen-bond acceptors (Lipinski definition) is 8. The molecule has 9 heteroatoms. The van der Waals surface area contributed by atoms with Gasteiger partial charge in [0.05, 0.1) is 12.6 Å². The van der Waals surface area contributed by atoms with Crippen LogP contribution in [-0.4, -0.2) is 73.9 Å². The number of hydrogen-bond donors (Lipinski definition) is 7. The minimum atomic E-state index is -2.31. The van der Waals surface area contributed by atoms with Gasteiger partial charge in [0.2, 0.25) is 0 Å². The van der Waals surface area contributed by atoms with Crippen molar-refractivity contribution in [3.63, 3.8) is 0 Å². The molecule has 0 bridgehead atoms. The summed E-state index contributed by atoms with van der Waals surface area (Å²) in [4.78, 5) is 9.98. The lowest BCUT2D eigenvalue weighted by Gasteiger charge is -2.25. The van der Waals surface area contributed by atoms with Gasteiger partial charge < -0.3 is 46.3 Å². The lowest BCUT2D eigenvalue weighted by molar-refractivity contribution is -0.482. The molecule has 0 saturated heterocycles. The van der Waals surface area contributed by atoms with Crippen molar-refractivity contribution in [2.45, 2.75) is 44.0 Å². The first kappa shape index (κ1) is 19.5. The van der Waals surface area contributed by atoms with E-state index in [-0.39, 0.29) is 6.23 Å². The van der Waals surface area contributed by atoms with Crippen molar-refractivity contribution in [3.8, 4) is 0 Å². The molecule has 5 atom stereocenters. The lowest BCUT2D eigenvalue weighted by Crippen LogP contribution is -2.60. The maximum atomic E-state index is 9.98. The summed E-state index contributed by atoms with van der Waals surface area (Å²) < 4.78 is 0. The predicted octanol–water partition coefficient (Wildman–Crippen LogP) is -5.87. The molecule has 5 unspecified atom stereocenters. The third-order valence-electron chi connectivity index (χ3n) is 1.97. The van der Waals surface area contributed by atoms with Gasteiger partial charge in [-0.05, 0) is 0 Å². The number of aliphatic hydroxyl groups excluding tert-OH is 6. The van der Waals surface area contributed by atoms with Crippen LogP contribution in [-0.2, 0) is 4.79 Å². The Hall–Kier alpha value is -0.810. The number of quaternary nitrogens is 1. The molecule has 0 aliphatic rings. The zero-order valence-corrected chi connectivity index (χ0v) is 10.0. The molecule has 0 rings (SSSR count). The molecule has 0 aliphatic carbocycles. The number of carbonyl (C=O) groups is 1. The van der Waals surface area contributed by atoms with E-state index in [0.717, 1.165) is 6.42 Å². The number of aliphatic carboxylic acids is 1. The molecule has 9 nitrogen and oxygen atoms in total. The minimum Gasteiger partial charge on any atom is -0.547 e. The van der Waals surface area contributed by atoms with Crippen molar-refractivity contribution < 1.29 is 46.3 Å². The van der Waals surface area contributed by atoms with Gasteiger partial charge in [0.25, 0.3) is 0 Å². The number of carboxylic acids is 1. The Balaban J connectivity index is 0. The first-order valence-corrected chi connectivity index (χ1v) is 5.24. The second kappa shape index (κ2) is 10.1. The second-order valence-corrected chi connectivity index (χ2v) is 3.56. The monoisotopic (exact) mass is 271 g/mol. The van der Waals surface area contributed by atoms with Gasteiger partial charge in [-0.1, -0.05) is 6.92 Å². The Morgan fingerprint density at radius 2 is 1.56 bits per heavy atom. The Labute approximate surface area is 104 Å². The maximum Gasteiger partial charge on any atom is 0.185 e. The molecule has 0 aromatic carbocycles. The minimum absolute atomic E-state index is 0.366. The van der Waals surface area contributed by atoms with E-state index in [4.69, 9.17) is 30.6 Å². The number of aliphatic hydroxyl groups is 6. The van der Waals surface area contributed by atoms with E-state index in [1.54, 1.807) is 0 Å². The van der Waals surface area contributed by atoms with Crippen LogP contribution in [0.25, 0.3) is 0 Å². The van der Waals surface area contributed by atoms with Gasteiger partial charge in [-0.3, -0.25) is 0 Å². The zero-order valence-electron chi connectivity index (χ0n) is 10.0. The van der Waals surface area contributed by atoms with Gasteiger partial charge in [0.1, 0.15) is 24.4 Å². The van der Waals surface area contributed by atoms with Gasteiger partial charge in [-0.2, -0.15) is 0 Å². The van der Waals surface area contributed by atoms with Crippen LogP contribution in [0.3, 0.4) is 0 Å². The predicted molar refractivity (Wildman–Crippen MR) is 55.3 cm³/mol. The normalized spacial score (nSPS) is 18.9. The van der Waals surface area contributed by atoms with E-state index in [9.17, 15) is 9.90 Å². The molecule has 0 spiro atoms. The number of carboxylic acid groups (broad SMARTS) is 1. The molecule has 0 aliphatic heterocycles. The van der Waals surface area contributed by atoms with Crippen LogP contribution >= 0.6 is 0 Å². The highest BCUT2D eigenvalue weighted by molar-refractivity contribution is 5.70. The van der Waals surface area contributed by atoms with Crippen LogP contribution in [0.15, 0.2) is 0 Å². The fourth-order valence-corrected chi connectivity index (χ4v) is 0.662. The van der Waals surface area contributed by atoms with Gasteiger partial charge in [-0.15, -0.1) is 0 Å². The maximum absolute atomic E-state index is 9.98. The molecule has 0 heterocycles. The Morgan fingerprint density at radius 1 is 1.17 bits per heavy atom. The van der Waals surface area contributed by atoms with Crippen LogP contribution in [0.2, 0.25) is 0 Å². The second-order valence-electron chi connectivity index (χ2n) is 3.56. The van der Waals surface area contributed by atoms with Gasteiger partial charge in [-0.25, -0.2) is 0 Å². The molecule has 0 aromatic heterocycles. The summed E-state index contributed by atoms with van der Waals surface area (Å²) >= 11 is 0. The quantitative estimate of drug-likeness (QED) is 0.232. The van der Waals surface area contributed by atoms with E-state index in [1.807, 2.05) is 6.92 Å². The average molecular weight is 271 g/mol. The molecule has 110 valence electrons. The van der Waals surface area contributed by atoms with E-state index in [0.29, 0.717) is 0 Å². The summed E-state index contributed by atoms with van der Waals surface area (Å²) in [5, 5.41) is 61.7. The van der Waals surface area contributed by atoms with Crippen molar-refractivity contribution in [3.05, 3.63) is 0 Å². The average Bonchev–Trinajstić information content (AvgIpc) is 2.35. The lowest BCUT2D eigenvalue weighted by atomic mass is 10.0. The van der Waals surface area contributed by atoms with Gasteiger partial charge in [0.15, 0.2) is 6.23 Å². The van der Waals surface area contributed by atoms with E-state index in [1.165, 1.54) is 0 Å². The van der Waals surface area contributed by atoms with Crippen molar-refractivity contribution in [1.82, 2.24) is 0 Å². The van der Waals surface area contributed by atoms with Crippen LogP contribution < -0.4 is 10.8 Å². The molecule has 0 amide bonds. The van der Waals surface area contributed by atoms with Gasteiger partial charge >= 0.3 is 0 Å². The van der Waals surface area contributed by atoms with Crippen molar-refractivity contribution in [2.75, 3.05) is 6.61 Å². The van der Waals surface area contributed by atoms with E-state index < -0.39 is 37.0 Å². The third-order valence-corrected chi connectivity index (χ3v) is 1.97. The first-order valence-electron chi connectivity index (χ1n) is 5.24. The smallest absolute Gasteiger partial charge is 0.185 e. The Morgan fingerprint density at radius 3 is 1.78 bits per heavy atom. The Bertz CT molecular complexity index is 225. The van der Waals surface area contributed by atoms with Crippen molar-refractivity contribution in [1.29, 1.82) is 0 Å². The molecule has 0 saturated carbocycles. The molecule has 0 aromatic rings. The highest BCUT2D eigenvalue weighted by atomic mass is 16.4. The molecule has 18 heavy (non-hydrogen) atoms. The molecular weight excluding hydrogens is 250 g/mol. The van der Waals surface area contributed by atoms with Crippen LogP contribution in [0, 0.1) is 0 Å². The SMILES string of the molecule is CCC([NH3+])O.O=C([O-])C(O)C(O)C(O)C(O)CO. The Kier molecular flexibility index (Phi) is 11.0. The van der Waals surface area contributed by atoms with Crippen molar-refractivity contribution in [2.24, 2.45) is 0 Å². The van der Waals surface area contributed by atoms with E-state index in [2.05, 4.69) is 5.73 Å². The summed E-state index contributed by atoms with van der Waals surface area (Å²) in [7, 11) is 0. The topological polar surface area (TPSA) is 189 Å². The van der Waals surface area contributed by atoms with Crippen LogP contribution in [0.5, 0.6) is 0 Å². The van der Waals surface area contributed by atoms with Crippen molar-refractivity contribution >= 4 is 5.97 Å². The first-order chi connectivity index (χ1) is 8.18. The third kappa shape index (κ3) is 8.31. The summed E-state index contributed by atoms with van der Waals surface area (Å²) in [5.41, 5.74) is 3.31. The summed E-state index contributed by atoms with van der Waals surface area (Å²) in [6.07, 6.45) is -7.69. The summed E-state index contributed by atoms with van der Waals surface area (Å²) in [6, 6.07) is 0. The standard InChI is InChI=1S/C6H12O7.C3H9NO/c7-1-2(8)3(9)4(10)5(11)6(12)13;1-2-3(4)5/h2-5,7-11H,1H2,(H,12,13);3,5H,2,4H2,1H3. The summed E-state index contributed by atoms with van der Waals surface area (Å²) in [6.45, 7) is 1.02. The fourth-order valence-electron chi connectivity index (χ4n) is 0.662. The van der Waals surface area contributed by atoms with Gasteiger partial charge in [0, 0.05) is 6.42 Å². The molecular formula is C9H21NO8. The highest BCUT2D eigenvalue weighted by Crippen LogP contribution is 2.04. The molecule has 0 fully saturated rings. The van der Waals surface area contributed by atoms with Crippen LogP contribution in [0.4, 0.5) is 0 Å².